The zero-order chi connectivity index (χ0) is 8.69. The molecule has 3 N–H and O–H groups in total. The van der Waals surface area contributed by atoms with Gasteiger partial charge in [0.1, 0.15) is 0 Å². The van der Waals surface area contributed by atoms with E-state index in [0.29, 0.717) is 0 Å². The molecule has 0 atom stereocenters. The molecule has 0 bridgehead atoms. The van der Waals surface area contributed by atoms with Gasteiger partial charge in [0.2, 0.25) is 0 Å². The van der Waals surface area contributed by atoms with Crippen molar-refractivity contribution in [2.75, 3.05) is 0 Å². The molecule has 5 heteroatoms. The van der Waals surface area contributed by atoms with Gasteiger partial charge in [-0.2, -0.15) is 0 Å². The summed E-state index contributed by atoms with van der Waals surface area (Å²) < 4.78 is 1.51. The van der Waals surface area contributed by atoms with Crippen LogP contribution in [0.15, 0.2) is 30.3 Å². The van der Waals surface area contributed by atoms with Gasteiger partial charge >= 0.3 is 86.3 Å². The van der Waals surface area contributed by atoms with Gasteiger partial charge in [0.25, 0.3) is 0 Å². The van der Waals surface area contributed by atoms with E-state index in [2.05, 4.69) is 30.3 Å². The maximum atomic E-state index is 7.17. The van der Waals surface area contributed by atoms with E-state index in [9.17, 15) is 0 Å². The molecule has 3 nitrogen and oxygen atoms in total. The van der Waals surface area contributed by atoms with Crippen molar-refractivity contribution in [3.05, 3.63) is 30.3 Å². The number of hydrogen-bond acceptors (Lipinski definition) is 3. The minimum absolute atomic E-state index is 0.855. The SMILES string of the molecule is OB(O)O.[K][c]1ccccc1. The van der Waals surface area contributed by atoms with Crippen molar-refractivity contribution in [2.45, 2.75) is 0 Å². The predicted molar refractivity (Wildman–Crippen MR) is 44.2 cm³/mol. The van der Waals surface area contributed by atoms with E-state index in [0.717, 1.165) is 49.0 Å². The molecule has 1 aromatic carbocycles. The molecular weight excluding hydrogens is 170 g/mol. The van der Waals surface area contributed by atoms with Crippen molar-refractivity contribution >= 4 is 55.9 Å². The zero-order valence-corrected chi connectivity index (χ0v) is 9.43. The van der Waals surface area contributed by atoms with Crippen LogP contribution in [-0.2, 0) is 0 Å². The van der Waals surface area contributed by atoms with Crippen molar-refractivity contribution in [3.8, 4) is 0 Å². The molecule has 54 valence electrons. The van der Waals surface area contributed by atoms with Crippen LogP contribution in [0.4, 0.5) is 0 Å². The molecule has 0 unspecified atom stereocenters. The summed E-state index contributed by atoms with van der Waals surface area (Å²) in [6.07, 6.45) is 0. The first-order valence-corrected chi connectivity index (χ1v) is 4.75. The average molecular weight is 178 g/mol. The van der Waals surface area contributed by atoms with Gasteiger partial charge in [-0.3, -0.25) is 0 Å². The summed E-state index contributed by atoms with van der Waals surface area (Å²) in [5.41, 5.74) is 0. The van der Waals surface area contributed by atoms with Crippen LogP contribution in [0.2, 0.25) is 0 Å². The molecule has 0 amide bonds. The summed E-state index contributed by atoms with van der Waals surface area (Å²) >= 11 is 0.855. The Bertz CT molecular complexity index is 178. The monoisotopic (exact) mass is 178 g/mol. The van der Waals surface area contributed by atoms with E-state index in [1.807, 2.05) is 0 Å². The Balaban J connectivity index is 0.000000218. The molecule has 1 aromatic rings. The molecule has 0 aliphatic rings. The average Bonchev–Trinajstić information content (AvgIpc) is 1.87. The van der Waals surface area contributed by atoms with Crippen LogP contribution in [0, 0.1) is 0 Å². The molecule has 0 aliphatic carbocycles. The first-order chi connectivity index (χ1) is 5.13. The van der Waals surface area contributed by atoms with Crippen LogP contribution < -0.4 is -0.342 Å². The fraction of sp³-hybridized carbons (Fsp3) is 0. The second-order valence-electron chi connectivity index (χ2n) is 2.00. The summed E-state index contributed by atoms with van der Waals surface area (Å²) in [7, 11) is -2.17. The van der Waals surface area contributed by atoms with Crippen molar-refractivity contribution in [1.29, 1.82) is 0 Å². The Morgan fingerprint density at radius 1 is 1.00 bits per heavy atom. The van der Waals surface area contributed by atoms with Crippen LogP contribution in [-0.4, -0.2) is 71.3 Å². The molecule has 1 rings (SSSR count). The van der Waals surface area contributed by atoms with Crippen molar-refractivity contribution in [2.24, 2.45) is 0 Å². The van der Waals surface area contributed by atoms with Gasteiger partial charge in [-0.25, -0.2) is 0 Å². The summed E-state index contributed by atoms with van der Waals surface area (Å²) in [5.74, 6) is 0. The van der Waals surface area contributed by atoms with Gasteiger partial charge in [-0.15, -0.1) is 0 Å². The second-order valence-corrected chi connectivity index (χ2v) is 3.80. The second kappa shape index (κ2) is 7.45. The topological polar surface area (TPSA) is 60.7 Å². The molecule has 0 spiro atoms. The Morgan fingerprint density at radius 2 is 1.36 bits per heavy atom. The van der Waals surface area contributed by atoms with Crippen LogP contribution in [0.5, 0.6) is 0 Å². The van der Waals surface area contributed by atoms with Crippen LogP contribution in [0.25, 0.3) is 0 Å². The summed E-state index contributed by atoms with van der Waals surface area (Å²) in [5, 5.41) is 21.5. The van der Waals surface area contributed by atoms with Gasteiger partial charge < -0.3 is 15.1 Å². The van der Waals surface area contributed by atoms with E-state index in [4.69, 9.17) is 15.1 Å². The third-order valence-electron chi connectivity index (χ3n) is 0.940. The number of benzene rings is 1. The maximum absolute atomic E-state index is 7.17. The van der Waals surface area contributed by atoms with E-state index in [1.165, 1.54) is -0.342 Å². The third kappa shape index (κ3) is 10.8. The van der Waals surface area contributed by atoms with E-state index < -0.39 is 7.32 Å². The fourth-order valence-corrected chi connectivity index (χ4v) is 1.14. The molecule has 0 fully saturated rings. The minimum atomic E-state index is -2.17. The van der Waals surface area contributed by atoms with Crippen LogP contribution >= 0.6 is 0 Å². The summed E-state index contributed by atoms with van der Waals surface area (Å²) in [6, 6.07) is 10.6. The predicted octanol–water partition coefficient (Wildman–Crippen LogP) is -1.57. The van der Waals surface area contributed by atoms with Crippen molar-refractivity contribution in [3.63, 3.8) is 0 Å². The van der Waals surface area contributed by atoms with E-state index >= 15 is 0 Å². The molecule has 11 heavy (non-hydrogen) atoms. The zero-order valence-electron chi connectivity index (χ0n) is 6.31. The Morgan fingerprint density at radius 3 is 1.55 bits per heavy atom. The van der Waals surface area contributed by atoms with Gasteiger partial charge in [0.05, 0.1) is 0 Å². The quantitative estimate of drug-likeness (QED) is 0.420. The number of hydrogen-bond donors (Lipinski definition) is 3. The van der Waals surface area contributed by atoms with Gasteiger partial charge in [-0.05, 0) is 0 Å². The van der Waals surface area contributed by atoms with E-state index in [-0.39, 0.29) is 0 Å². The van der Waals surface area contributed by atoms with Gasteiger partial charge in [0.15, 0.2) is 0 Å². The Hall–Kier alpha value is 0.801. The standard InChI is InChI=1S/C6H5.BH3O3.K/c1-2-4-6-5-3-1;2-1(3)4;/h1-5H;2-4H;. The molecule has 0 aromatic heterocycles. The molecule has 0 aliphatic heterocycles. The van der Waals surface area contributed by atoms with Crippen molar-refractivity contribution in [1.82, 2.24) is 0 Å². The number of rotatable bonds is 0. The van der Waals surface area contributed by atoms with E-state index in [1.54, 1.807) is 0 Å². The summed E-state index contributed by atoms with van der Waals surface area (Å²) in [4.78, 5) is 0. The van der Waals surface area contributed by atoms with Gasteiger partial charge in [0, 0.05) is 0 Å². The first-order valence-electron chi connectivity index (χ1n) is 3.19. The van der Waals surface area contributed by atoms with Crippen molar-refractivity contribution < 1.29 is 15.1 Å². The van der Waals surface area contributed by atoms with Crippen LogP contribution in [0.3, 0.4) is 0 Å². The molecule has 0 heterocycles. The van der Waals surface area contributed by atoms with Crippen LogP contribution in [0.1, 0.15) is 0 Å². The first kappa shape index (κ1) is 11.8. The molecule has 0 radical (unpaired) electrons. The Kier molecular flexibility index (Phi) is 7.99. The van der Waals surface area contributed by atoms with Gasteiger partial charge in [-0.1, -0.05) is 0 Å². The molecule has 0 saturated heterocycles. The third-order valence-corrected chi connectivity index (χ3v) is 1.98. The normalized spacial score (nSPS) is 8.09. The molecule has 0 saturated carbocycles. The molecular formula is C6H8BKO3. The fourth-order valence-electron chi connectivity index (χ4n) is 0.534. The Labute approximate surface area is 99.8 Å². The summed E-state index contributed by atoms with van der Waals surface area (Å²) in [6.45, 7) is 0.